The maximum Gasteiger partial charge on any atom is 0.217 e. The Kier molecular flexibility index (Phi) is 3.59. The van der Waals surface area contributed by atoms with Gasteiger partial charge >= 0.3 is 0 Å². The highest BCUT2D eigenvalue weighted by Crippen LogP contribution is 2.12. The van der Waals surface area contributed by atoms with Gasteiger partial charge in [0.05, 0.1) is 12.6 Å². The van der Waals surface area contributed by atoms with E-state index < -0.39 is 6.04 Å². The van der Waals surface area contributed by atoms with Crippen LogP contribution in [-0.4, -0.2) is 17.6 Å². The van der Waals surface area contributed by atoms with E-state index in [9.17, 15) is 9.18 Å². The van der Waals surface area contributed by atoms with Crippen molar-refractivity contribution in [2.45, 2.75) is 13.0 Å². The number of amides is 1. The highest BCUT2D eigenvalue weighted by molar-refractivity contribution is 5.73. The van der Waals surface area contributed by atoms with Crippen molar-refractivity contribution in [3.05, 3.63) is 35.6 Å². The topological polar surface area (TPSA) is 49.3 Å². The summed E-state index contributed by atoms with van der Waals surface area (Å²) in [5.41, 5.74) is 0.684. The second-order valence-electron chi connectivity index (χ2n) is 2.99. The third-order valence-electron chi connectivity index (χ3n) is 1.83. The number of hydrogen-bond donors (Lipinski definition) is 2. The minimum absolute atomic E-state index is 0.203. The summed E-state index contributed by atoms with van der Waals surface area (Å²) in [7, 11) is 0. The molecule has 3 nitrogen and oxygen atoms in total. The number of aliphatic hydroxyl groups is 1. The van der Waals surface area contributed by atoms with Gasteiger partial charge in [-0.25, -0.2) is 4.39 Å². The first-order valence-electron chi connectivity index (χ1n) is 4.27. The van der Waals surface area contributed by atoms with E-state index in [1.54, 1.807) is 0 Å². The quantitative estimate of drug-likeness (QED) is 0.759. The number of nitrogens with one attached hydrogen (secondary N) is 1. The van der Waals surface area contributed by atoms with Crippen LogP contribution in [0.2, 0.25) is 0 Å². The van der Waals surface area contributed by atoms with Gasteiger partial charge in [0.2, 0.25) is 5.91 Å². The monoisotopic (exact) mass is 197 g/mol. The lowest BCUT2D eigenvalue weighted by atomic mass is 10.1. The minimum Gasteiger partial charge on any atom is -0.394 e. The fourth-order valence-electron chi connectivity index (χ4n) is 1.17. The lowest BCUT2D eigenvalue weighted by Crippen LogP contribution is -2.28. The highest BCUT2D eigenvalue weighted by atomic mass is 19.1. The first-order valence-corrected chi connectivity index (χ1v) is 4.27. The largest absolute Gasteiger partial charge is 0.394 e. The number of carbonyl (C=O) groups excluding carboxylic acids is 1. The first kappa shape index (κ1) is 10.7. The molecule has 0 saturated heterocycles. The van der Waals surface area contributed by atoms with Crippen LogP contribution in [0.25, 0.3) is 0 Å². The van der Waals surface area contributed by atoms with Crippen LogP contribution in [0.3, 0.4) is 0 Å². The molecule has 4 heteroatoms. The van der Waals surface area contributed by atoms with Crippen molar-refractivity contribution < 1.29 is 14.3 Å². The van der Waals surface area contributed by atoms with Gasteiger partial charge in [-0.05, 0) is 17.7 Å². The SMILES string of the molecule is CC(=O)NC(CO)c1ccc(F)cc1. The predicted molar refractivity (Wildman–Crippen MR) is 50.0 cm³/mol. The summed E-state index contributed by atoms with van der Waals surface area (Å²) in [6, 6.07) is 5.19. The third-order valence-corrected chi connectivity index (χ3v) is 1.83. The number of carbonyl (C=O) groups is 1. The number of aliphatic hydroxyl groups excluding tert-OH is 1. The fourth-order valence-corrected chi connectivity index (χ4v) is 1.17. The molecule has 0 heterocycles. The molecule has 1 rings (SSSR count). The van der Waals surface area contributed by atoms with Crippen molar-refractivity contribution in [2.24, 2.45) is 0 Å². The summed E-state index contributed by atoms with van der Waals surface area (Å²) in [4.78, 5) is 10.8. The lowest BCUT2D eigenvalue weighted by molar-refractivity contribution is -0.120. The van der Waals surface area contributed by atoms with Crippen LogP contribution in [0.4, 0.5) is 4.39 Å². The molecule has 1 aromatic carbocycles. The number of halogens is 1. The van der Waals surface area contributed by atoms with Crippen molar-refractivity contribution in [1.82, 2.24) is 5.32 Å². The van der Waals surface area contributed by atoms with Crippen molar-refractivity contribution in [3.63, 3.8) is 0 Å². The molecule has 0 radical (unpaired) electrons. The molecule has 1 atom stereocenters. The molecule has 1 amide bonds. The average Bonchev–Trinajstić information content (AvgIpc) is 2.15. The number of rotatable bonds is 3. The summed E-state index contributed by atoms with van der Waals surface area (Å²) >= 11 is 0. The minimum atomic E-state index is -0.465. The molecule has 0 saturated carbocycles. The summed E-state index contributed by atoms with van der Waals surface area (Å²) < 4.78 is 12.6. The van der Waals surface area contributed by atoms with Gasteiger partial charge in [-0.2, -0.15) is 0 Å². The van der Waals surface area contributed by atoms with E-state index in [1.807, 2.05) is 0 Å². The van der Waals surface area contributed by atoms with E-state index in [2.05, 4.69) is 5.32 Å². The molecule has 76 valence electrons. The second kappa shape index (κ2) is 4.72. The average molecular weight is 197 g/mol. The molecule has 0 spiro atoms. The van der Waals surface area contributed by atoms with E-state index >= 15 is 0 Å². The predicted octanol–water partition coefficient (Wildman–Crippen LogP) is 0.995. The van der Waals surface area contributed by atoms with Gasteiger partial charge in [-0.3, -0.25) is 4.79 Å². The van der Waals surface area contributed by atoms with Crippen LogP contribution in [0.15, 0.2) is 24.3 Å². The summed E-state index contributed by atoms with van der Waals surface area (Å²) in [6.45, 7) is 1.16. The molecule has 0 aliphatic rings. The fraction of sp³-hybridized carbons (Fsp3) is 0.300. The smallest absolute Gasteiger partial charge is 0.217 e. The lowest BCUT2D eigenvalue weighted by Gasteiger charge is -2.15. The van der Waals surface area contributed by atoms with E-state index in [4.69, 9.17) is 5.11 Å². The first-order chi connectivity index (χ1) is 6.63. The Hall–Kier alpha value is -1.42. The Bertz CT molecular complexity index is 310. The Labute approximate surface area is 81.6 Å². The van der Waals surface area contributed by atoms with E-state index in [1.165, 1.54) is 31.2 Å². The van der Waals surface area contributed by atoms with Gasteiger partial charge in [0, 0.05) is 6.92 Å². The molecule has 0 fully saturated rings. The van der Waals surface area contributed by atoms with E-state index in [0.29, 0.717) is 5.56 Å². The van der Waals surface area contributed by atoms with Crippen molar-refractivity contribution in [2.75, 3.05) is 6.61 Å². The van der Waals surface area contributed by atoms with Crippen molar-refractivity contribution >= 4 is 5.91 Å². The van der Waals surface area contributed by atoms with Crippen LogP contribution >= 0.6 is 0 Å². The molecule has 0 bridgehead atoms. The molecule has 0 aliphatic carbocycles. The maximum atomic E-state index is 12.6. The molecule has 1 aromatic rings. The van der Waals surface area contributed by atoms with Crippen LogP contribution in [0.5, 0.6) is 0 Å². The van der Waals surface area contributed by atoms with Gasteiger partial charge in [0.25, 0.3) is 0 Å². The standard InChI is InChI=1S/C10H12FNO2/c1-7(14)12-10(6-13)8-2-4-9(11)5-3-8/h2-5,10,13H,6H2,1H3,(H,12,14). The molecule has 2 N–H and O–H groups in total. The molecule has 0 aliphatic heterocycles. The number of hydrogen-bond acceptors (Lipinski definition) is 2. The second-order valence-corrected chi connectivity index (χ2v) is 2.99. The van der Waals surface area contributed by atoms with E-state index in [0.717, 1.165) is 0 Å². The highest BCUT2D eigenvalue weighted by Gasteiger charge is 2.10. The normalized spacial score (nSPS) is 12.2. The van der Waals surface area contributed by atoms with Crippen LogP contribution in [0.1, 0.15) is 18.5 Å². The Balaban J connectivity index is 2.78. The Morgan fingerprint density at radius 2 is 2.07 bits per heavy atom. The van der Waals surface area contributed by atoms with Gasteiger partial charge in [0.15, 0.2) is 0 Å². The van der Waals surface area contributed by atoms with Gasteiger partial charge < -0.3 is 10.4 Å². The molecule has 14 heavy (non-hydrogen) atoms. The Morgan fingerprint density at radius 1 is 1.50 bits per heavy atom. The molecule has 0 aromatic heterocycles. The van der Waals surface area contributed by atoms with Crippen LogP contribution < -0.4 is 5.32 Å². The van der Waals surface area contributed by atoms with Gasteiger partial charge in [0.1, 0.15) is 5.82 Å². The molecule has 1 unspecified atom stereocenters. The third kappa shape index (κ3) is 2.81. The maximum absolute atomic E-state index is 12.6. The molecular formula is C10H12FNO2. The zero-order chi connectivity index (χ0) is 10.6. The van der Waals surface area contributed by atoms with Crippen LogP contribution in [0, 0.1) is 5.82 Å². The van der Waals surface area contributed by atoms with E-state index in [-0.39, 0.29) is 18.3 Å². The van der Waals surface area contributed by atoms with Gasteiger partial charge in [-0.15, -0.1) is 0 Å². The summed E-state index contributed by atoms with van der Waals surface area (Å²) in [6.07, 6.45) is 0. The van der Waals surface area contributed by atoms with Crippen molar-refractivity contribution in [3.8, 4) is 0 Å². The Morgan fingerprint density at radius 3 is 2.50 bits per heavy atom. The molecular weight excluding hydrogens is 185 g/mol. The van der Waals surface area contributed by atoms with Crippen LogP contribution in [-0.2, 0) is 4.79 Å². The summed E-state index contributed by atoms with van der Waals surface area (Å²) in [5, 5.41) is 11.5. The van der Waals surface area contributed by atoms with Crippen molar-refractivity contribution in [1.29, 1.82) is 0 Å². The zero-order valence-electron chi connectivity index (χ0n) is 7.83. The number of benzene rings is 1. The van der Waals surface area contributed by atoms with Gasteiger partial charge in [-0.1, -0.05) is 12.1 Å². The zero-order valence-corrected chi connectivity index (χ0v) is 7.83. The summed E-state index contributed by atoms with van der Waals surface area (Å²) in [5.74, 6) is -0.568.